The second-order valence-electron chi connectivity index (χ2n) is 3.82. The summed E-state index contributed by atoms with van der Waals surface area (Å²) >= 11 is 5.66. The van der Waals surface area contributed by atoms with Gasteiger partial charge in [0, 0.05) is 11.1 Å². The van der Waals surface area contributed by atoms with E-state index in [1.165, 1.54) is 0 Å². The lowest BCUT2D eigenvalue weighted by Gasteiger charge is -1.98. The molecule has 0 atom stereocenters. The molecular weight excluding hydrogens is 260 g/mol. The fourth-order valence-corrected chi connectivity index (χ4v) is 1.95. The van der Waals surface area contributed by atoms with Gasteiger partial charge in [0.05, 0.1) is 5.03 Å². The molecule has 0 aliphatic heterocycles. The molecular formula is C15H9ClN2O. The molecule has 1 aromatic carbocycles. The number of Topliss-reactive ketones (excluding diaryl/α,β-unsaturated/α-hetero) is 1. The van der Waals surface area contributed by atoms with Crippen molar-refractivity contribution in [1.82, 2.24) is 0 Å². The first-order valence-electron chi connectivity index (χ1n) is 5.44. The van der Waals surface area contributed by atoms with Crippen LogP contribution in [0.25, 0.3) is 5.57 Å². The zero-order valence-corrected chi connectivity index (χ0v) is 10.7. The maximum Gasteiger partial charge on any atom is 0.212 e. The van der Waals surface area contributed by atoms with Gasteiger partial charge in [-0.15, -0.1) is 0 Å². The molecule has 2 rings (SSSR count). The Morgan fingerprint density at radius 3 is 2.53 bits per heavy atom. The summed E-state index contributed by atoms with van der Waals surface area (Å²) in [4.78, 5) is 16.3. The molecule has 1 aliphatic rings. The number of aliphatic imine (C=N–C) groups is 1. The monoisotopic (exact) mass is 268 g/mol. The van der Waals surface area contributed by atoms with Crippen LogP contribution in [0.1, 0.15) is 15.9 Å². The van der Waals surface area contributed by atoms with E-state index in [1.54, 1.807) is 18.2 Å². The fourth-order valence-electron chi connectivity index (χ4n) is 1.87. The third-order valence-electron chi connectivity index (χ3n) is 2.72. The van der Waals surface area contributed by atoms with Gasteiger partial charge in [0.2, 0.25) is 5.78 Å². The molecule has 92 valence electrons. The minimum absolute atomic E-state index is 0.00201. The summed E-state index contributed by atoms with van der Waals surface area (Å²) in [6, 6.07) is 8.95. The SMILES string of the molecule is C=CC1=C(N=C(C#N)C(=C)Cl)C(=O)c2ccccc21. The average molecular weight is 269 g/mol. The Kier molecular flexibility index (Phi) is 3.46. The number of carbonyl (C=O) groups excluding carboxylic acids is 1. The molecule has 4 heteroatoms. The van der Waals surface area contributed by atoms with Crippen molar-refractivity contribution in [2.45, 2.75) is 0 Å². The Morgan fingerprint density at radius 2 is 2.00 bits per heavy atom. The molecule has 0 bridgehead atoms. The lowest BCUT2D eigenvalue weighted by Crippen LogP contribution is -2.01. The van der Waals surface area contributed by atoms with Gasteiger partial charge in [0.25, 0.3) is 0 Å². The summed E-state index contributed by atoms with van der Waals surface area (Å²) in [5.74, 6) is -0.240. The number of benzene rings is 1. The third-order valence-corrected chi connectivity index (χ3v) is 2.90. The zero-order chi connectivity index (χ0) is 14.0. The standard InChI is InChI=1S/C15H9ClN2O/c1-3-10-11-6-4-5-7-12(11)15(19)14(10)18-13(8-17)9(2)16/h3-7H,1-2H2. The molecule has 1 aromatic rings. The predicted molar refractivity (Wildman–Crippen MR) is 75.9 cm³/mol. The number of hydrogen-bond donors (Lipinski definition) is 0. The van der Waals surface area contributed by atoms with Crippen LogP contribution in [-0.2, 0) is 0 Å². The number of hydrogen-bond acceptors (Lipinski definition) is 3. The van der Waals surface area contributed by atoms with Gasteiger partial charge in [-0.3, -0.25) is 4.79 Å². The molecule has 1 aliphatic carbocycles. The Labute approximate surface area is 115 Å². The van der Waals surface area contributed by atoms with Crippen molar-refractivity contribution in [3.05, 3.63) is 65.4 Å². The number of ketones is 1. The van der Waals surface area contributed by atoms with Crippen molar-refractivity contribution in [3.8, 4) is 6.07 Å². The smallest absolute Gasteiger partial charge is 0.212 e. The van der Waals surface area contributed by atoms with Crippen LogP contribution in [0.2, 0.25) is 0 Å². The molecule has 0 fully saturated rings. The zero-order valence-electron chi connectivity index (χ0n) is 9.98. The molecule has 0 saturated carbocycles. The minimum atomic E-state index is -0.240. The van der Waals surface area contributed by atoms with Crippen LogP contribution in [0.15, 0.2) is 59.2 Å². The largest absolute Gasteiger partial charge is 0.287 e. The number of nitriles is 1. The van der Waals surface area contributed by atoms with E-state index < -0.39 is 0 Å². The van der Waals surface area contributed by atoms with Crippen molar-refractivity contribution in [1.29, 1.82) is 5.26 Å². The van der Waals surface area contributed by atoms with Crippen LogP contribution >= 0.6 is 11.6 Å². The van der Waals surface area contributed by atoms with Crippen LogP contribution in [0.5, 0.6) is 0 Å². The first kappa shape index (κ1) is 13.0. The molecule has 0 amide bonds. The van der Waals surface area contributed by atoms with Crippen molar-refractivity contribution in [2.75, 3.05) is 0 Å². The number of fused-ring (bicyclic) bond motifs is 1. The van der Waals surface area contributed by atoms with Crippen molar-refractivity contribution >= 4 is 28.7 Å². The Balaban J connectivity index is 2.65. The van der Waals surface area contributed by atoms with E-state index in [4.69, 9.17) is 16.9 Å². The summed E-state index contributed by atoms with van der Waals surface area (Å²) in [6.45, 7) is 7.13. The number of allylic oxidation sites excluding steroid dienone is 4. The normalized spacial score (nSPS) is 14.1. The molecule has 0 radical (unpaired) electrons. The van der Waals surface area contributed by atoms with Crippen LogP contribution in [-0.4, -0.2) is 11.5 Å². The van der Waals surface area contributed by atoms with Crippen molar-refractivity contribution in [2.24, 2.45) is 4.99 Å². The van der Waals surface area contributed by atoms with Gasteiger partial charge in [-0.1, -0.05) is 55.1 Å². The topological polar surface area (TPSA) is 53.2 Å². The van der Waals surface area contributed by atoms with E-state index in [2.05, 4.69) is 18.2 Å². The molecule has 0 N–H and O–H groups in total. The van der Waals surface area contributed by atoms with E-state index in [-0.39, 0.29) is 22.2 Å². The summed E-state index contributed by atoms with van der Waals surface area (Å²) < 4.78 is 0. The van der Waals surface area contributed by atoms with Gasteiger partial charge >= 0.3 is 0 Å². The van der Waals surface area contributed by atoms with Gasteiger partial charge < -0.3 is 0 Å². The average Bonchev–Trinajstić information content (AvgIpc) is 2.68. The number of halogens is 1. The maximum absolute atomic E-state index is 12.2. The van der Waals surface area contributed by atoms with E-state index in [0.29, 0.717) is 11.1 Å². The summed E-state index contributed by atoms with van der Waals surface area (Å²) in [7, 11) is 0. The van der Waals surface area contributed by atoms with E-state index >= 15 is 0 Å². The second kappa shape index (κ2) is 5.05. The number of rotatable bonds is 3. The molecule has 3 nitrogen and oxygen atoms in total. The minimum Gasteiger partial charge on any atom is -0.287 e. The Hall–Kier alpha value is -2.44. The Morgan fingerprint density at radius 1 is 1.37 bits per heavy atom. The highest BCUT2D eigenvalue weighted by atomic mass is 35.5. The highest BCUT2D eigenvalue weighted by Gasteiger charge is 2.28. The molecule has 0 saturated heterocycles. The van der Waals surface area contributed by atoms with Gasteiger partial charge in [-0.05, 0) is 5.56 Å². The Bertz CT molecular complexity index is 705. The molecule has 0 aromatic heterocycles. The third kappa shape index (κ3) is 2.14. The highest BCUT2D eigenvalue weighted by molar-refractivity contribution is 6.46. The first-order valence-corrected chi connectivity index (χ1v) is 5.82. The molecule has 19 heavy (non-hydrogen) atoms. The van der Waals surface area contributed by atoms with Crippen molar-refractivity contribution in [3.63, 3.8) is 0 Å². The van der Waals surface area contributed by atoms with Crippen LogP contribution in [0.3, 0.4) is 0 Å². The van der Waals surface area contributed by atoms with Gasteiger partial charge in [-0.2, -0.15) is 5.26 Å². The first-order chi connectivity index (χ1) is 9.10. The van der Waals surface area contributed by atoms with E-state index in [9.17, 15) is 4.79 Å². The van der Waals surface area contributed by atoms with Gasteiger partial charge in [0.15, 0.2) is 5.71 Å². The molecule has 0 heterocycles. The van der Waals surface area contributed by atoms with Crippen LogP contribution < -0.4 is 0 Å². The molecule has 0 spiro atoms. The molecule has 0 unspecified atom stereocenters. The summed E-state index contributed by atoms with van der Waals surface area (Å²) in [6.07, 6.45) is 1.55. The fraction of sp³-hybridized carbons (Fsp3) is 0. The van der Waals surface area contributed by atoms with Crippen LogP contribution in [0.4, 0.5) is 0 Å². The predicted octanol–water partition coefficient (Wildman–Crippen LogP) is 3.50. The quantitative estimate of drug-likeness (QED) is 0.788. The highest BCUT2D eigenvalue weighted by Crippen LogP contribution is 2.34. The second-order valence-corrected chi connectivity index (χ2v) is 4.27. The summed E-state index contributed by atoms with van der Waals surface area (Å²) in [5.41, 5.74) is 2.02. The lowest BCUT2D eigenvalue weighted by atomic mass is 10.1. The number of nitrogens with zero attached hydrogens (tertiary/aromatic N) is 2. The lowest BCUT2D eigenvalue weighted by molar-refractivity contribution is 0.103. The van der Waals surface area contributed by atoms with Gasteiger partial charge in [-0.25, -0.2) is 4.99 Å². The van der Waals surface area contributed by atoms with E-state index in [0.717, 1.165) is 5.56 Å². The number of carbonyl (C=O) groups is 1. The van der Waals surface area contributed by atoms with E-state index in [1.807, 2.05) is 18.2 Å². The van der Waals surface area contributed by atoms with Crippen LogP contribution in [0, 0.1) is 11.3 Å². The maximum atomic E-state index is 12.2. The van der Waals surface area contributed by atoms with Gasteiger partial charge in [0.1, 0.15) is 11.8 Å². The summed E-state index contributed by atoms with van der Waals surface area (Å²) in [5, 5.41) is 8.94. The van der Waals surface area contributed by atoms with Crippen molar-refractivity contribution < 1.29 is 4.79 Å².